The molecule has 0 saturated carbocycles. The Kier molecular flexibility index (Phi) is 4.42. The van der Waals surface area contributed by atoms with Crippen molar-refractivity contribution in [3.8, 4) is 5.75 Å². The molecule has 2 aromatic rings. The van der Waals surface area contributed by atoms with Crippen molar-refractivity contribution in [1.82, 2.24) is 4.90 Å². The highest BCUT2D eigenvalue weighted by Crippen LogP contribution is 2.22. The molecule has 0 aliphatic rings. The van der Waals surface area contributed by atoms with Crippen LogP contribution in [0.2, 0.25) is 0 Å². The maximum Gasteiger partial charge on any atom is 0.322 e. The van der Waals surface area contributed by atoms with Crippen LogP contribution in [0.15, 0.2) is 48.5 Å². The van der Waals surface area contributed by atoms with Gasteiger partial charge in [0.15, 0.2) is 0 Å². The lowest BCUT2D eigenvalue weighted by Crippen LogP contribution is -2.33. The summed E-state index contributed by atoms with van der Waals surface area (Å²) in [4.78, 5) is 13.6. The highest BCUT2D eigenvalue weighted by molar-refractivity contribution is 5.89. The summed E-state index contributed by atoms with van der Waals surface area (Å²) in [6.07, 6.45) is 0. The van der Waals surface area contributed by atoms with Crippen molar-refractivity contribution in [2.24, 2.45) is 0 Å². The van der Waals surface area contributed by atoms with Crippen LogP contribution in [0.4, 0.5) is 14.9 Å². The van der Waals surface area contributed by atoms with E-state index in [2.05, 4.69) is 5.32 Å². The van der Waals surface area contributed by atoms with Crippen molar-refractivity contribution in [1.29, 1.82) is 0 Å². The van der Waals surface area contributed by atoms with Gasteiger partial charge in [0.25, 0.3) is 0 Å². The number of rotatable bonds is 3. The van der Waals surface area contributed by atoms with Crippen LogP contribution in [0.25, 0.3) is 0 Å². The van der Waals surface area contributed by atoms with Gasteiger partial charge in [-0.2, -0.15) is 0 Å². The number of aromatic hydroxyl groups is 1. The molecule has 5 heteroatoms. The zero-order chi connectivity index (χ0) is 15.4. The van der Waals surface area contributed by atoms with Crippen LogP contribution < -0.4 is 5.32 Å². The number of phenolic OH excluding ortho intramolecular Hbond substituents is 1. The van der Waals surface area contributed by atoms with E-state index in [1.165, 1.54) is 17.0 Å². The Morgan fingerprint density at radius 1 is 1.19 bits per heavy atom. The van der Waals surface area contributed by atoms with Crippen molar-refractivity contribution in [2.75, 3.05) is 12.4 Å². The normalized spacial score (nSPS) is 11.8. The Labute approximate surface area is 122 Å². The summed E-state index contributed by atoms with van der Waals surface area (Å²) in [5.41, 5.74) is 1.02. The summed E-state index contributed by atoms with van der Waals surface area (Å²) in [5, 5.41) is 11.8. The van der Waals surface area contributed by atoms with Gasteiger partial charge in [-0.25, -0.2) is 9.18 Å². The third kappa shape index (κ3) is 3.51. The Morgan fingerprint density at radius 2 is 1.81 bits per heavy atom. The van der Waals surface area contributed by atoms with Gasteiger partial charge >= 0.3 is 6.03 Å². The number of nitrogens with zero attached hydrogens (tertiary/aromatic N) is 1. The summed E-state index contributed by atoms with van der Waals surface area (Å²) in [6, 6.07) is 12.0. The fraction of sp³-hybridized carbons (Fsp3) is 0.188. The topological polar surface area (TPSA) is 52.6 Å². The SMILES string of the molecule is CC(c1ccc(O)cc1)N(C)C(=O)Nc1ccccc1F. The average molecular weight is 288 g/mol. The molecule has 0 aromatic heterocycles. The molecule has 1 atom stereocenters. The van der Waals surface area contributed by atoms with E-state index in [4.69, 9.17) is 0 Å². The molecule has 4 nitrogen and oxygen atoms in total. The lowest BCUT2D eigenvalue weighted by Gasteiger charge is -2.25. The molecule has 2 rings (SSSR count). The highest BCUT2D eigenvalue weighted by Gasteiger charge is 2.18. The number of para-hydroxylation sites is 1. The molecule has 0 heterocycles. The van der Waals surface area contributed by atoms with Crippen LogP contribution in [-0.4, -0.2) is 23.1 Å². The summed E-state index contributed by atoms with van der Waals surface area (Å²) >= 11 is 0. The van der Waals surface area contributed by atoms with E-state index in [0.717, 1.165) is 5.56 Å². The van der Waals surface area contributed by atoms with E-state index in [1.54, 1.807) is 43.4 Å². The molecule has 0 radical (unpaired) electrons. The zero-order valence-corrected chi connectivity index (χ0v) is 11.9. The Hall–Kier alpha value is -2.56. The minimum atomic E-state index is -0.475. The lowest BCUT2D eigenvalue weighted by atomic mass is 10.1. The molecule has 0 saturated heterocycles. The first-order valence-electron chi connectivity index (χ1n) is 6.56. The number of carbonyl (C=O) groups is 1. The van der Waals surface area contributed by atoms with Crippen molar-refractivity contribution < 1.29 is 14.3 Å². The van der Waals surface area contributed by atoms with Gasteiger partial charge in [0, 0.05) is 7.05 Å². The van der Waals surface area contributed by atoms with Crippen molar-refractivity contribution >= 4 is 11.7 Å². The minimum Gasteiger partial charge on any atom is -0.508 e. The number of anilines is 1. The van der Waals surface area contributed by atoms with Gasteiger partial charge < -0.3 is 15.3 Å². The number of phenols is 1. The third-order valence-corrected chi connectivity index (χ3v) is 3.39. The first kappa shape index (κ1) is 14.8. The molecule has 0 fully saturated rings. The molecule has 2 N–H and O–H groups in total. The Bertz CT molecular complexity index is 628. The van der Waals surface area contributed by atoms with Crippen LogP contribution in [0.5, 0.6) is 5.75 Å². The number of nitrogens with one attached hydrogen (secondary N) is 1. The zero-order valence-electron chi connectivity index (χ0n) is 11.9. The van der Waals surface area contributed by atoms with Crippen LogP contribution in [0.3, 0.4) is 0 Å². The van der Waals surface area contributed by atoms with E-state index in [-0.39, 0.29) is 17.5 Å². The number of hydrogen-bond donors (Lipinski definition) is 2. The molecule has 110 valence electrons. The fourth-order valence-corrected chi connectivity index (χ4v) is 1.92. The largest absolute Gasteiger partial charge is 0.508 e. The predicted molar refractivity (Wildman–Crippen MR) is 79.7 cm³/mol. The summed E-state index contributed by atoms with van der Waals surface area (Å²) < 4.78 is 13.5. The third-order valence-electron chi connectivity index (χ3n) is 3.39. The highest BCUT2D eigenvalue weighted by atomic mass is 19.1. The van der Waals surface area contributed by atoms with Gasteiger partial charge in [-0.3, -0.25) is 0 Å². The number of carbonyl (C=O) groups excluding carboxylic acids is 1. The van der Waals surface area contributed by atoms with Crippen LogP contribution in [0, 0.1) is 5.82 Å². The van der Waals surface area contributed by atoms with Gasteiger partial charge in [-0.05, 0) is 36.8 Å². The van der Waals surface area contributed by atoms with E-state index < -0.39 is 11.8 Å². The Morgan fingerprint density at radius 3 is 2.43 bits per heavy atom. The maximum absolute atomic E-state index is 13.5. The molecular weight excluding hydrogens is 271 g/mol. The van der Waals surface area contributed by atoms with Crippen LogP contribution in [0.1, 0.15) is 18.5 Å². The molecule has 21 heavy (non-hydrogen) atoms. The fourth-order valence-electron chi connectivity index (χ4n) is 1.92. The smallest absolute Gasteiger partial charge is 0.322 e. The first-order chi connectivity index (χ1) is 9.99. The van der Waals surface area contributed by atoms with Gasteiger partial charge in [-0.1, -0.05) is 24.3 Å². The summed E-state index contributed by atoms with van der Waals surface area (Å²) in [7, 11) is 1.63. The van der Waals surface area contributed by atoms with Gasteiger partial charge in [0.1, 0.15) is 11.6 Å². The molecule has 0 aliphatic carbocycles. The van der Waals surface area contributed by atoms with Gasteiger partial charge in [0.05, 0.1) is 11.7 Å². The monoisotopic (exact) mass is 288 g/mol. The second-order valence-corrected chi connectivity index (χ2v) is 4.79. The molecule has 0 spiro atoms. The van der Waals surface area contributed by atoms with E-state index in [1.807, 2.05) is 6.92 Å². The van der Waals surface area contributed by atoms with Crippen molar-refractivity contribution in [2.45, 2.75) is 13.0 Å². The maximum atomic E-state index is 13.5. The van der Waals surface area contributed by atoms with E-state index >= 15 is 0 Å². The van der Waals surface area contributed by atoms with Crippen LogP contribution in [-0.2, 0) is 0 Å². The predicted octanol–water partition coefficient (Wildman–Crippen LogP) is 3.76. The van der Waals surface area contributed by atoms with Gasteiger partial charge in [-0.15, -0.1) is 0 Å². The standard InChI is InChI=1S/C16H17FN2O2/c1-11(12-7-9-13(20)10-8-12)19(2)16(21)18-15-6-4-3-5-14(15)17/h3-11,20H,1-2H3,(H,18,21). The summed E-state index contributed by atoms with van der Waals surface area (Å²) in [6.45, 7) is 1.85. The number of halogens is 1. The number of amides is 2. The number of benzene rings is 2. The Balaban J connectivity index is 2.08. The molecule has 2 aromatic carbocycles. The lowest BCUT2D eigenvalue weighted by molar-refractivity contribution is 0.208. The van der Waals surface area contributed by atoms with Crippen molar-refractivity contribution in [3.63, 3.8) is 0 Å². The molecule has 0 bridgehead atoms. The summed E-state index contributed by atoms with van der Waals surface area (Å²) in [5.74, 6) is -0.305. The molecule has 0 aliphatic heterocycles. The number of hydrogen-bond acceptors (Lipinski definition) is 2. The second kappa shape index (κ2) is 6.26. The van der Waals surface area contributed by atoms with Crippen molar-refractivity contribution in [3.05, 3.63) is 59.9 Å². The average Bonchev–Trinajstić information content (AvgIpc) is 2.49. The quantitative estimate of drug-likeness (QED) is 0.903. The minimum absolute atomic E-state index is 0.146. The molecule has 2 amide bonds. The van der Waals surface area contributed by atoms with E-state index in [0.29, 0.717) is 0 Å². The molecular formula is C16H17FN2O2. The number of urea groups is 1. The first-order valence-corrected chi connectivity index (χ1v) is 6.56. The van der Waals surface area contributed by atoms with Gasteiger partial charge in [0.2, 0.25) is 0 Å². The van der Waals surface area contributed by atoms with Crippen LogP contribution >= 0.6 is 0 Å². The molecule has 1 unspecified atom stereocenters. The second-order valence-electron chi connectivity index (χ2n) is 4.79. The van der Waals surface area contributed by atoms with E-state index in [9.17, 15) is 14.3 Å².